The van der Waals surface area contributed by atoms with Gasteiger partial charge in [0.05, 0.1) is 0 Å². The third-order valence-electron chi connectivity index (χ3n) is 3.18. The van der Waals surface area contributed by atoms with Gasteiger partial charge in [0.2, 0.25) is 0 Å². The Hall–Kier alpha value is -0.485. The van der Waals surface area contributed by atoms with Crippen LogP contribution in [0.5, 0.6) is 0 Å². The van der Waals surface area contributed by atoms with Crippen LogP contribution in [0.4, 0.5) is 0 Å². The summed E-state index contributed by atoms with van der Waals surface area (Å²) in [5.41, 5.74) is 1.39. The maximum atomic E-state index is 2.33. The maximum absolute atomic E-state index is 2.33. The SMILES string of the molecule is BCc1ccc(S(N(C)C)(N(C)C)N(C)C)cc1. The standard InChI is InChI=1S/C13H26BN3S/c1-15(2)18(16(3)4,17(5)6)13-9-7-12(11-14)8-10-13/h7-10H,11,14H2,1-6H3. The first-order valence-electron chi connectivity index (χ1n) is 6.32. The van der Waals surface area contributed by atoms with Crippen LogP contribution in [0.1, 0.15) is 5.56 Å². The molecule has 102 valence electrons. The molecule has 0 saturated heterocycles. The first-order valence-corrected chi connectivity index (χ1v) is 7.82. The molecule has 0 aliphatic heterocycles. The van der Waals surface area contributed by atoms with Crippen molar-refractivity contribution < 1.29 is 0 Å². The van der Waals surface area contributed by atoms with E-state index in [0.29, 0.717) is 0 Å². The van der Waals surface area contributed by atoms with E-state index in [0.717, 1.165) is 6.32 Å². The van der Waals surface area contributed by atoms with E-state index < -0.39 is 10.6 Å². The van der Waals surface area contributed by atoms with Gasteiger partial charge >= 0.3 is 0 Å². The Balaban J connectivity index is 3.32. The zero-order chi connectivity index (χ0) is 13.9. The molecule has 0 fully saturated rings. The number of hydrogen-bond acceptors (Lipinski definition) is 3. The highest BCUT2D eigenvalue weighted by Gasteiger charge is 2.33. The van der Waals surface area contributed by atoms with Crippen molar-refractivity contribution in [3.8, 4) is 0 Å². The molecule has 0 bridgehead atoms. The van der Waals surface area contributed by atoms with Crippen LogP contribution in [-0.2, 0) is 6.32 Å². The van der Waals surface area contributed by atoms with Crippen LogP contribution in [-0.4, -0.2) is 63.0 Å². The first kappa shape index (κ1) is 15.6. The molecule has 0 aliphatic rings. The summed E-state index contributed by atoms with van der Waals surface area (Å²) in [6.07, 6.45) is 1.09. The zero-order valence-electron chi connectivity index (χ0n) is 12.8. The van der Waals surface area contributed by atoms with Crippen molar-refractivity contribution >= 4 is 18.4 Å². The second-order valence-corrected chi connectivity index (χ2v) is 8.65. The molecule has 0 N–H and O–H groups in total. The third kappa shape index (κ3) is 2.59. The smallest absolute Gasteiger partial charge is 0.107 e. The summed E-state index contributed by atoms with van der Waals surface area (Å²) in [5, 5.41) is 0. The summed E-state index contributed by atoms with van der Waals surface area (Å²) in [5.74, 6) is 0. The average Bonchev–Trinajstić information content (AvgIpc) is 2.29. The summed E-state index contributed by atoms with van der Waals surface area (Å²) in [6.45, 7) is 0. The molecule has 0 heterocycles. The fourth-order valence-corrected chi connectivity index (χ4v) is 6.25. The normalized spacial score (nSPS) is 13.6. The predicted molar refractivity (Wildman–Crippen MR) is 85.6 cm³/mol. The van der Waals surface area contributed by atoms with E-state index in [9.17, 15) is 0 Å². The number of nitrogens with zero attached hydrogens (tertiary/aromatic N) is 3. The minimum Gasteiger partial charge on any atom is -0.247 e. The van der Waals surface area contributed by atoms with Crippen molar-refractivity contribution in [1.82, 2.24) is 12.9 Å². The van der Waals surface area contributed by atoms with E-state index >= 15 is 0 Å². The van der Waals surface area contributed by atoms with Gasteiger partial charge in [-0.25, -0.2) is 12.9 Å². The predicted octanol–water partition coefficient (Wildman–Crippen LogP) is 1.41. The largest absolute Gasteiger partial charge is 0.247 e. The van der Waals surface area contributed by atoms with Crippen molar-refractivity contribution in [3.63, 3.8) is 0 Å². The van der Waals surface area contributed by atoms with Crippen LogP contribution >= 0.6 is 10.6 Å². The van der Waals surface area contributed by atoms with Crippen LogP contribution in [0.15, 0.2) is 29.2 Å². The fraction of sp³-hybridized carbons (Fsp3) is 0.538. The van der Waals surface area contributed by atoms with E-state index in [1.165, 1.54) is 10.5 Å². The van der Waals surface area contributed by atoms with E-state index in [-0.39, 0.29) is 0 Å². The van der Waals surface area contributed by atoms with Gasteiger partial charge in [0.15, 0.2) is 0 Å². The van der Waals surface area contributed by atoms with E-state index in [1.807, 2.05) is 0 Å². The molecule has 0 radical (unpaired) electrons. The zero-order valence-corrected chi connectivity index (χ0v) is 13.6. The van der Waals surface area contributed by atoms with Crippen LogP contribution < -0.4 is 0 Å². The van der Waals surface area contributed by atoms with Gasteiger partial charge in [-0.3, -0.25) is 0 Å². The summed E-state index contributed by atoms with van der Waals surface area (Å²) >= 11 is 0. The minimum absolute atomic E-state index is 1.09. The van der Waals surface area contributed by atoms with Gasteiger partial charge in [-0.1, -0.05) is 24.0 Å². The van der Waals surface area contributed by atoms with Gasteiger partial charge in [-0.2, -0.15) is 0 Å². The van der Waals surface area contributed by atoms with Crippen LogP contribution in [0, 0.1) is 0 Å². The van der Waals surface area contributed by atoms with Gasteiger partial charge in [-0.05, 0) is 65.0 Å². The minimum atomic E-state index is -1.25. The van der Waals surface area contributed by atoms with E-state index in [4.69, 9.17) is 0 Å². The molecule has 1 rings (SSSR count). The average molecular weight is 267 g/mol. The van der Waals surface area contributed by atoms with Crippen LogP contribution in [0.25, 0.3) is 0 Å². The molecule has 1 aromatic rings. The lowest BCUT2D eigenvalue weighted by Gasteiger charge is -2.54. The van der Waals surface area contributed by atoms with Crippen molar-refractivity contribution in [2.45, 2.75) is 11.2 Å². The molecular formula is C13H26BN3S. The molecule has 3 nitrogen and oxygen atoms in total. The quantitative estimate of drug-likeness (QED) is 0.747. The summed E-state index contributed by atoms with van der Waals surface area (Å²) in [6, 6.07) is 9.03. The van der Waals surface area contributed by atoms with Gasteiger partial charge in [0.25, 0.3) is 0 Å². The molecule has 0 aliphatic carbocycles. The Morgan fingerprint density at radius 1 is 0.833 bits per heavy atom. The highest BCUT2D eigenvalue weighted by atomic mass is 32.3. The van der Waals surface area contributed by atoms with Gasteiger partial charge in [0.1, 0.15) is 7.85 Å². The van der Waals surface area contributed by atoms with Gasteiger partial charge in [-0.15, -0.1) is 0 Å². The molecule has 0 saturated carbocycles. The van der Waals surface area contributed by atoms with Crippen molar-refractivity contribution in [2.75, 3.05) is 42.3 Å². The van der Waals surface area contributed by atoms with Gasteiger partial charge < -0.3 is 0 Å². The van der Waals surface area contributed by atoms with E-state index in [2.05, 4.69) is 87.3 Å². The van der Waals surface area contributed by atoms with Crippen LogP contribution in [0.2, 0.25) is 0 Å². The topological polar surface area (TPSA) is 9.72 Å². The third-order valence-corrected chi connectivity index (χ3v) is 7.14. The van der Waals surface area contributed by atoms with Crippen LogP contribution in [0.3, 0.4) is 0 Å². The Bertz CT molecular complexity index is 355. The lowest BCUT2D eigenvalue weighted by atomic mass is 9.97. The summed E-state index contributed by atoms with van der Waals surface area (Å²) < 4.78 is 6.98. The Labute approximate surface area is 115 Å². The number of rotatable bonds is 5. The monoisotopic (exact) mass is 267 g/mol. The summed E-state index contributed by atoms with van der Waals surface area (Å²) in [4.78, 5) is 1.37. The van der Waals surface area contributed by atoms with Crippen molar-refractivity contribution in [3.05, 3.63) is 29.8 Å². The molecule has 0 amide bonds. The summed E-state index contributed by atoms with van der Waals surface area (Å²) in [7, 11) is 13.9. The molecular weight excluding hydrogens is 241 g/mol. The molecule has 0 unspecified atom stereocenters. The molecule has 18 heavy (non-hydrogen) atoms. The van der Waals surface area contributed by atoms with Gasteiger partial charge in [0, 0.05) is 4.90 Å². The lowest BCUT2D eigenvalue weighted by Crippen LogP contribution is -2.40. The molecule has 1 aromatic carbocycles. The second-order valence-electron chi connectivity index (χ2n) is 4.95. The number of benzene rings is 1. The lowest BCUT2D eigenvalue weighted by molar-refractivity contribution is 0.493. The number of hydrogen-bond donors (Lipinski definition) is 0. The fourth-order valence-electron chi connectivity index (χ4n) is 2.52. The molecule has 0 atom stereocenters. The molecule has 0 spiro atoms. The second kappa shape index (κ2) is 6.11. The van der Waals surface area contributed by atoms with Crippen molar-refractivity contribution in [1.29, 1.82) is 0 Å². The highest BCUT2D eigenvalue weighted by Crippen LogP contribution is 2.60. The van der Waals surface area contributed by atoms with E-state index in [1.54, 1.807) is 0 Å². The Morgan fingerprint density at radius 2 is 1.22 bits per heavy atom. The highest BCUT2D eigenvalue weighted by molar-refractivity contribution is 8.27. The molecule has 0 aromatic heterocycles. The van der Waals surface area contributed by atoms with Crippen molar-refractivity contribution in [2.24, 2.45) is 0 Å². The molecule has 5 heteroatoms. The Kier molecular flexibility index (Phi) is 5.28. The Morgan fingerprint density at radius 3 is 1.50 bits per heavy atom. The first-order chi connectivity index (χ1) is 8.37. The maximum Gasteiger partial charge on any atom is 0.107 e.